The summed E-state index contributed by atoms with van der Waals surface area (Å²) in [7, 11) is 0. The quantitative estimate of drug-likeness (QED) is 0.173. The zero-order valence-electron chi connectivity index (χ0n) is 30.1. The SMILES string of the molecule is CC1(C)c2ccccc2-c2ccc(N(c3ccccc3)c3ccc4c5ccccc5n(-c5ccccc5-c5cccc6c5sc5ccccc56)c4c3)cc21. The van der Waals surface area contributed by atoms with Gasteiger partial charge in [-0.05, 0) is 76.9 Å². The van der Waals surface area contributed by atoms with Crippen LogP contribution in [0.25, 0.3) is 69.9 Å². The van der Waals surface area contributed by atoms with Crippen LogP contribution in [0.15, 0.2) is 182 Å². The number of para-hydroxylation sites is 3. The highest BCUT2D eigenvalue weighted by Gasteiger charge is 2.35. The average molecular weight is 709 g/mol. The fourth-order valence-electron chi connectivity index (χ4n) is 9.07. The number of thiophene rings is 1. The lowest BCUT2D eigenvalue weighted by atomic mass is 9.82. The summed E-state index contributed by atoms with van der Waals surface area (Å²) in [4.78, 5) is 2.42. The number of hydrogen-bond acceptors (Lipinski definition) is 2. The first-order valence-electron chi connectivity index (χ1n) is 18.7. The maximum absolute atomic E-state index is 2.49. The number of fused-ring (bicyclic) bond motifs is 9. The van der Waals surface area contributed by atoms with Crippen molar-refractivity contribution in [3.8, 4) is 27.9 Å². The molecule has 1 aliphatic carbocycles. The highest BCUT2D eigenvalue weighted by Crippen LogP contribution is 2.51. The fourth-order valence-corrected chi connectivity index (χ4v) is 10.3. The molecule has 0 amide bonds. The number of rotatable bonds is 5. The summed E-state index contributed by atoms with van der Waals surface area (Å²) >= 11 is 1.89. The predicted molar refractivity (Wildman–Crippen MR) is 231 cm³/mol. The van der Waals surface area contributed by atoms with Gasteiger partial charge in [0.2, 0.25) is 0 Å². The molecule has 0 saturated carbocycles. The Kier molecular flexibility index (Phi) is 6.80. The molecule has 11 rings (SSSR count). The largest absolute Gasteiger partial charge is 0.310 e. The van der Waals surface area contributed by atoms with Gasteiger partial charge in [-0.2, -0.15) is 0 Å². The summed E-state index contributed by atoms with van der Waals surface area (Å²) in [6.07, 6.45) is 0. The van der Waals surface area contributed by atoms with Gasteiger partial charge in [0.25, 0.3) is 0 Å². The Hall–Kier alpha value is -6.42. The van der Waals surface area contributed by atoms with Crippen LogP contribution in [-0.4, -0.2) is 4.57 Å². The molecule has 54 heavy (non-hydrogen) atoms. The van der Waals surface area contributed by atoms with Gasteiger partial charge in [-0.15, -0.1) is 11.3 Å². The number of anilines is 3. The van der Waals surface area contributed by atoms with E-state index in [4.69, 9.17) is 0 Å². The zero-order chi connectivity index (χ0) is 36.0. The molecule has 0 unspecified atom stereocenters. The highest BCUT2D eigenvalue weighted by atomic mass is 32.1. The van der Waals surface area contributed by atoms with Crippen LogP contribution < -0.4 is 4.90 Å². The normalized spacial score (nSPS) is 13.1. The lowest BCUT2D eigenvalue weighted by Gasteiger charge is -2.28. The van der Waals surface area contributed by atoms with E-state index >= 15 is 0 Å². The maximum Gasteiger partial charge on any atom is 0.0562 e. The van der Waals surface area contributed by atoms with Gasteiger partial charge in [-0.3, -0.25) is 0 Å². The predicted octanol–water partition coefficient (Wildman–Crippen LogP) is 14.6. The van der Waals surface area contributed by atoms with E-state index in [9.17, 15) is 0 Å². The molecule has 0 N–H and O–H groups in total. The number of aromatic nitrogens is 1. The molecule has 3 heteroatoms. The summed E-state index contributed by atoms with van der Waals surface area (Å²) < 4.78 is 5.13. The second kappa shape index (κ2) is 11.8. The van der Waals surface area contributed by atoms with Gasteiger partial charge in [0.05, 0.1) is 16.7 Å². The van der Waals surface area contributed by atoms with Crippen LogP contribution in [0, 0.1) is 0 Å². The molecule has 256 valence electrons. The van der Waals surface area contributed by atoms with Crippen molar-refractivity contribution in [3.63, 3.8) is 0 Å². The molecule has 0 fully saturated rings. The molecule has 0 spiro atoms. The Balaban J connectivity index is 1.15. The van der Waals surface area contributed by atoms with Crippen LogP contribution in [0.4, 0.5) is 17.1 Å². The molecule has 0 radical (unpaired) electrons. The Bertz CT molecular complexity index is 3090. The Morgan fingerprint density at radius 1 is 0.426 bits per heavy atom. The molecular formula is C51H36N2S. The minimum Gasteiger partial charge on any atom is -0.310 e. The van der Waals surface area contributed by atoms with E-state index in [1.165, 1.54) is 81.0 Å². The summed E-state index contributed by atoms with van der Waals surface area (Å²) in [5.41, 5.74) is 14.8. The van der Waals surface area contributed by atoms with Gasteiger partial charge >= 0.3 is 0 Å². The molecule has 0 aliphatic heterocycles. The van der Waals surface area contributed by atoms with E-state index in [0.29, 0.717) is 0 Å². The van der Waals surface area contributed by atoms with E-state index < -0.39 is 0 Å². The van der Waals surface area contributed by atoms with Crippen molar-refractivity contribution in [3.05, 3.63) is 193 Å². The number of hydrogen-bond donors (Lipinski definition) is 0. The van der Waals surface area contributed by atoms with E-state index in [-0.39, 0.29) is 5.41 Å². The molecule has 2 heterocycles. The lowest BCUT2D eigenvalue weighted by molar-refractivity contribution is 0.660. The van der Waals surface area contributed by atoms with Crippen LogP contribution in [0.3, 0.4) is 0 Å². The van der Waals surface area contributed by atoms with Crippen molar-refractivity contribution >= 4 is 70.4 Å². The van der Waals surface area contributed by atoms with Crippen LogP contribution >= 0.6 is 11.3 Å². The van der Waals surface area contributed by atoms with Gasteiger partial charge < -0.3 is 9.47 Å². The molecule has 2 nitrogen and oxygen atoms in total. The van der Waals surface area contributed by atoms with E-state index in [0.717, 1.165) is 17.1 Å². The Morgan fingerprint density at radius 3 is 1.94 bits per heavy atom. The van der Waals surface area contributed by atoms with E-state index in [2.05, 4.69) is 205 Å². The van der Waals surface area contributed by atoms with Crippen molar-refractivity contribution in [2.75, 3.05) is 4.90 Å². The van der Waals surface area contributed by atoms with Crippen molar-refractivity contribution in [2.24, 2.45) is 0 Å². The van der Waals surface area contributed by atoms with Crippen molar-refractivity contribution in [1.29, 1.82) is 0 Å². The molecule has 0 saturated heterocycles. The minimum absolute atomic E-state index is 0.0956. The van der Waals surface area contributed by atoms with Crippen LogP contribution in [0.1, 0.15) is 25.0 Å². The van der Waals surface area contributed by atoms with Crippen molar-refractivity contribution < 1.29 is 0 Å². The molecule has 2 aromatic heterocycles. The van der Waals surface area contributed by atoms with E-state index in [1.807, 2.05) is 11.3 Å². The van der Waals surface area contributed by atoms with Gasteiger partial charge in [-0.1, -0.05) is 141 Å². The zero-order valence-corrected chi connectivity index (χ0v) is 30.9. The lowest BCUT2D eigenvalue weighted by Crippen LogP contribution is -2.16. The minimum atomic E-state index is -0.0956. The van der Waals surface area contributed by atoms with Gasteiger partial charge in [0.1, 0.15) is 0 Å². The van der Waals surface area contributed by atoms with Gasteiger partial charge in [-0.25, -0.2) is 0 Å². The Morgan fingerprint density at radius 2 is 1.06 bits per heavy atom. The first kappa shape index (κ1) is 31.1. The first-order valence-corrected chi connectivity index (χ1v) is 19.5. The standard InChI is InChI=1S/C51H36N2S/c1-51(2)44-23-10-6-17-36(44)37-29-27-34(31-45(37)51)52(33-15-4-3-5-16-33)35-28-30-40-38-18-7-11-24-46(38)53(48(40)32-35)47-25-12-8-19-39(47)42-21-14-22-43-41-20-9-13-26-49(41)54-50(42)43/h3-32H,1-2H3. The third kappa shape index (κ3) is 4.52. The molecule has 0 bridgehead atoms. The molecule has 10 aromatic rings. The summed E-state index contributed by atoms with van der Waals surface area (Å²) in [6, 6.07) is 67.1. The topological polar surface area (TPSA) is 8.17 Å². The second-order valence-corrected chi connectivity index (χ2v) is 16.0. The number of benzene rings is 8. The summed E-state index contributed by atoms with van der Waals surface area (Å²) in [6.45, 7) is 4.71. The van der Waals surface area contributed by atoms with Gasteiger partial charge in [0.15, 0.2) is 0 Å². The maximum atomic E-state index is 2.49. The highest BCUT2D eigenvalue weighted by molar-refractivity contribution is 7.26. The molecule has 0 atom stereocenters. The van der Waals surface area contributed by atoms with Crippen LogP contribution in [0.5, 0.6) is 0 Å². The van der Waals surface area contributed by atoms with Crippen molar-refractivity contribution in [1.82, 2.24) is 4.57 Å². The van der Waals surface area contributed by atoms with Crippen molar-refractivity contribution in [2.45, 2.75) is 19.3 Å². The smallest absolute Gasteiger partial charge is 0.0562 e. The van der Waals surface area contributed by atoms with Crippen LogP contribution in [-0.2, 0) is 5.41 Å². The second-order valence-electron chi connectivity index (χ2n) is 14.9. The first-order chi connectivity index (χ1) is 26.6. The summed E-state index contributed by atoms with van der Waals surface area (Å²) in [5.74, 6) is 0. The fraction of sp³-hybridized carbons (Fsp3) is 0.0588. The number of nitrogens with zero attached hydrogens (tertiary/aromatic N) is 2. The third-order valence-corrected chi connectivity index (χ3v) is 12.8. The Labute approximate surface area is 318 Å². The van der Waals surface area contributed by atoms with Gasteiger partial charge in [0, 0.05) is 64.5 Å². The van der Waals surface area contributed by atoms with Crippen LogP contribution in [0.2, 0.25) is 0 Å². The molecule has 1 aliphatic rings. The van der Waals surface area contributed by atoms with E-state index in [1.54, 1.807) is 0 Å². The third-order valence-electron chi connectivity index (χ3n) is 11.6. The summed E-state index contributed by atoms with van der Waals surface area (Å²) in [5, 5.41) is 5.12. The monoisotopic (exact) mass is 708 g/mol. The average Bonchev–Trinajstić information content (AvgIpc) is 3.84. The molecule has 8 aromatic carbocycles. The molecular weight excluding hydrogens is 673 g/mol.